The first-order chi connectivity index (χ1) is 15.0. The average molecular weight is 438 g/mol. The Kier molecular flexibility index (Phi) is 6.15. The molecule has 1 aliphatic rings. The smallest absolute Gasteiger partial charge is 0.319 e. The Bertz CT molecular complexity index is 1150. The van der Waals surface area contributed by atoms with Gasteiger partial charge >= 0.3 is 6.03 Å². The van der Waals surface area contributed by atoms with Crippen LogP contribution in [0.3, 0.4) is 0 Å². The lowest BCUT2D eigenvalue weighted by atomic mass is 10.3. The van der Waals surface area contributed by atoms with Crippen LogP contribution in [0.1, 0.15) is 12.0 Å². The molecule has 1 aromatic heterocycles. The number of amides is 2. The van der Waals surface area contributed by atoms with Gasteiger partial charge in [-0.3, -0.25) is 4.98 Å². The maximum Gasteiger partial charge on any atom is 0.319 e. The summed E-state index contributed by atoms with van der Waals surface area (Å²) in [6.45, 7) is 2.06. The number of anilines is 2. The molecule has 160 valence electrons. The number of hydrazine groups is 1. The lowest BCUT2D eigenvalue weighted by Gasteiger charge is -2.18. The summed E-state index contributed by atoms with van der Waals surface area (Å²) in [6, 6.07) is 16.3. The number of rotatable bonds is 6. The van der Waals surface area contributed by atoms with Crippen molar-refractivity contribution in [3.8, 4) is 0 Å². The van der Waals surface area contributed by atoms with Gasteiger partial charge in [0.05, 0.1) is 15.5 Å². The summed E-state index contributed by atoms with van der Waals surface area (Å²) in [6.07, 6.45) is 4.36. The van der Waals surface area contributed by atoms with E-state index in [1.165, 1.54) is 12.1 Å². The van der Waals surface area contributed by atoms with E-state index in [4.69, 9.17) is 0 Å². The second kappa shape index (κ2) is 9.15. The number of carbonyl (C=O) groups excluding carboxylic acids is 1. The van der Waals surface area contributed by atoms with E-state index >= 15 is 0 Å². The molecule has 9 heteroatoms. The normalized spacial score (nSPS) is 13.7. The fourth-order valence-electron chi connectivity index (χ4n) is 3.28. The van der Waals surface area contributed by atoms with Crippen LogP contribution in [0.4, 0.5) is 16.2 Å². The highest BCUT2D eigenvalue weighted by atomic mass is 32.2. The van der Waals surface area contributed by atoms with E-state index in [0.717, 1.165) is 30.8 Å². The van der Waals surface area contributed by atoms with Crippen LogP contribution in [0.15, 0.2) is 82.8 Å². The zero-order chi connectivity index (χ0) is 21.7. The van der Waals surface area contributed by atoms with E-state index < -0.39 is 9.84 Å². The van der Waals surface area contributed by atoms with Crippen molar-refractivity contribution in [1.82, 2.24) is 15.7 Å². The third-order valence-electron chi connectivity index (χ3n) is 4.90. The van der Waals surface area contributed by atoms with Crippen molar-refractivity contribution >= 4 is 27.2 Å². The van der Waals surface area contributed by atoms with Gasteiger partial charge < -0.3 is 15.6 Å². The number of aromatic nitrogens is 1. The van der Waals surface area contributed by atoms with Gasteiger partial charge in [-0.25, -0.2) is 18.6 Å². The maximum atomic E-state index is 13.0. The first-order valence-corrected chi connectivity index (χ1v) is 11.4. The Labute approximate surface area is 181 Å². The molecule has 3 N–H and O–H groups in total. The molecule has 2 aromatic carbocycles. The molecule has 3 aromatic rings. The number of nitrogens with one attached hydrogen (secondary N) is 3. The van der Waals surface area contributed by atoms with Gasteiger partial charge in [0.25, 0.3) is 0 Å². The number of carbonyl (C=O) groups is 1. The summed E-state index contributed by atoms with van der Waals surface area (Å²) < 4.78 is 26.1. The van der Waals surface area contributed by atoms with Crippen molar-refractivity contribution in [2.24, 2.45) is 0 Å². The van der Waals surface area contributed by atoms with Gasteiger partial charge in [-0.05, 0) is 60.5 Å². The molecule has 0 radical (unpaired) electrons. The molecule has 1 fully saturated rings. The molecule has 0 aliphatic carbocycles. The molecule has 8 nitrogen and oxygen atoms in total. The second-order valence-corrected chi connectivity index (χ2v) is 9.06. The first-order valence-electron chi connectivity index (χ1n) is 9.92. The Morgan fingerprint density at radius 3 is 2.61 bits per heavy atom. The molecule has 1 aliphatic heterocycles. The summed E-state index contributed by atoms with van der Waals surface area (Å²) in [7, 11) is -3.67. The van der Waals surface area contributed by atoms with Gasteiger partial charge in [0, 0.05) is 37.7 Å². The molecular weight excluding hydrogens is 414 g/mol. The molecule has 0 bridgehead atoms. The minimum absolute atomic E-state index is 0.167. The van der Waals surface area contributed by atoms with E-state index in [1.54, 1.807) is 48.8 Å². The molecule has 4 rings (SSSR count). The van der Waals surface area contributed by atoms with Crippen LogP contribution in [0.2, 0.25) is 0 Å². The van der Waals surface area contributed by atoms with E-state index in [2.05, 4.69) is 21.0 Å². The summed E-state index contributed by atoms with van der Waals surface area (Å²) in [4.78, 5) is 16.5. The van der Waals surface area contributed by atoms with Crippen LogP contribution in [0.25, 0.3) is 0 Å². The van der Waals surface area contributed by atoms with Crippen LogP contribution >= 0.6 is 0 Å². The molecule has 0 atom stereocenters. The Hall–Kier alpha value is -3.43. The number of nitrogens with zero attached hydrogens (tertiary/aromatic N) is 2. The van der Waals surface area contributed by atoms with E-state index in [9.17, 15) is 13.2 Å². The van der Waals surface area contributed by atoms with E-state index in [1.807, 2.05) is 17.1 Å². The third kappa shape index (κ3) is 5.01. The molecule has 2 heterocycles. The fraction of sp³-hybridized carbons (Fsp3) is 0.182. The fourth-order valence-corrected chi connectivity index (χ4v) is 4.58. The highest BCUT2D eigenvalue weighted by molar-refractivity contribution is 7.91. The molecule has 2 amide bonds. The maximum absolute atomic E-state index is 13.0. The third-order valence-corrected chi connectivity index (χ3v) is 6.67. The quantitative estimate of drug-likeness (QED) is 0.548. The number of pyridine rings is 1. The van der Waals surface area contributed by atoms with Gasteiger partial charge in [0.15, 0.2) is 0 Å². The molecule has 0 spiro atoms. The SMILES string of the molecule is O=C(NCc1cccnc1)Nc1ccc(S(=O)(=O)c2cccc(N3CCCN3)c2)cc1. The first kappa shape index (κ1) is 20.8. The largest absolute Gasteiger partial charge is 0.334 e. The number of sulfone groups is 1. The van der Waals surface area contributed by atoms with E-state index in [0.29, 0.717) is 12.2 Å². The van der Waals surface area contributed by atoms with Crippen LogP contribution in [0, 0.1) is 0 Å². The monoisotopic (exact) mass is 437 g/mol. The predicted molar refractivity (Wildman–Crippen MR) is 118 cm³/mol. The van der Waals surface area contributed by atoms with Crippen LogP contribution in [-0.2, 0) is 16.4 Å². The van der Waals surface area contributed by atoms with Gasteiger partial charge in [-0.1, -0.05) is 12.1 Å². The zero-order valence-electron chi connectivity index (χ0n) is 16.8. The second-order valence-electron chi connectivity index (χ2n) is 7.11. The van der Waals surface area contributed by atoms with Crippen molar-refractivity contribution in [3.05, 3.63) is 78.6 Å². The number of urea groups is 1. The van der Waals surface area contributed by atoms with Crippen molar-refractivity contribution < 1.29 is 13.2 Å². The Morgan fingerprint density at radius 1 is 1.06 bits per heavy atom. The molecule has 31 heavy (non-hydrogen) atoms. The van der Waals surface area contributed by atoms with Gasteiger partial charge in [0.1, 0.15) is 0 Å². The van der Waals surface area contributed by atoms with Crippen molar-refractivity contribution in [2.75, 3.05) is 23.4 Å². The molecule has 0 unspecified atom stereocenters. The van der Waals surface area contributed by atoms with Crippen LogP contribution < -0.4 is 21.1 Å². The van der Waals surface area contributed by atoms with Crippen LogP contribution in [-0.4, -0.2) is 32.5 Å². The zero-order valence-corrected chi connectivity index (χ0v) is 17.6. The topological polar surface area (TPSA) is 103 Å². The summed E-state index contributed by atoms with van der Waals surface area (Å²) in [5.41, 5.74) is 5.43. The summed E-state index contributed by atoms with van der Waals surface area (Å²) in [5, 5.41) is 7.38. The van der Waals surface area contributed by atoms with Crippen LogP contribution in [0.5, 0.6) is 0 Å². The van der Waals surface area contributed by atoms with Gasteiger partial charge in [-0.15, -0.1) is 0 Å². The van der Waals surface area contributed by atoms with Gasteiger partial charge in [-0.2, -0.15) is 0 Å². The Balaban J connectivity index is 1.42. The standard InChI is InChI=1S/C22H23N5O3S/c28-22(24-16-17-4-2-11-23-15-17)26-18-7-9-20(10-8-18)31(29,30)21-6-1-5-19(14-21)27-13-3-12-25-27/h1-2,4-11,14-15,25H,3,12-13,16H2,(H2,24,26,28). The number of hydrogen-bond acceptors (Lipinski definition) is 6. The molecule has 0 saturated carbocycles. The molecule has 1 saturated heterocycles. The van der Waals surface area contributed by atoms with Crippen molar-refractivity contribution in [2.45, 2.75) is 22.8 Å². The highest BCUT2D eigenvalue weighted by Gasteiger charge is 2.20. The van der Waals surface area contributed by atoms with Crippen molar-refractivity contribution in [1.29, 1.82) is 0 Å². The highest BCUT2D eigenvalue weighted by Crippen LogP contribution is 2.26. The number of benzene rings is 2. The average Bonchev–Trinajstić information content (AvgIpc) is 3.34. The summed E-state index contributed by atoms with van der Waals surface area (Å²) >= 11 is 0. The minimum Gasteiger partial charge on any atom is -0.334 e. The Morgan fingerprint density at radius 2 is 1.90 bits per heavy atom. The lowest BCUT2D eigenvalue weighted by Crippen LogP contribution is -2.30. The van der Waals surface area contributed by atoms with Crippen molar-refractivity contribution in [3.63, 3.8) is 0 Å². The predicted octanol–water partition coefficient (Wildman–Crippen LogP) is 2.95. The minimum atomic E-state index is -3.67. The summed E-state index contributed by atoms with van der Waals surface area (Å²) in [5.74, 6) is 0. The molecular formula is C22H23N5O3S. The van der Waals surface area contributed by atoms with Gasteiger partial charge in [0.2, 0.25) is 9.84 Å². The lowest BCUT2D eigenvalue weighted by molar-refractivity contribution is 0.251. The number of hydrogen-bond donors (Lipinski definition) is 3. The van der Waals surface area contributed by atoms with E-state index in [-0.39, 0.29) is 15.8 Å².